The van der Waals surface area contributed by atoms with Gasteiger partial charge in [-0.2, -0.15) is 5.10 Å². The van der Waals surface area contributed by atoms with Crippen molar-refractivity contribution in [3.05, 3.63) is 99.7 Å². The molecule has 6 rings (SSSR count). The molecule has 6 aromatic rings. The van der Waals surface area contributed by atoms with Crippen molar-refractivity contribution in [2.45, 2.75) is 13.0 Å². The normalized spacial score (nSPS) is 11.8. The van der Waals surface area contributed by atoms with Crippen LogP contribution in [0.2, 0.25) is 0 Å². The summed E-state index contributed by atoms with van der Waals surface area (Å²) >= 11 is 1.30. The predicted molar refractivity (Wildman–Crippen MR) is 147 cm³/mol. The Kier molecular flexibility index (Phi) is 5.90. The van der Waals surface area contributed by atoms with Crippen LogP contribution in [0.4, 0.5) is 5.82 Å². The Morgan fingerprint density at radius 2 is 2.00 bits per heavy atom. The third-order valence-corrected chi connectivity index (χ3v) is 6.98. The lowest BCUT2D eigenvalue weighted by atomic mass is 10.0. The first-order chi connectivity index (χ1) is 18.9. The van der Waals surface area contributed by atoms with E-state index in [9.17, 15) is 9.59 Å². The number of nitrogens with zero attached hydrogens (tertiary/aromatic N) is 7. The van der Waals surface area contributed by atoms with Crippen molar-refractivity contribution in [3.63, 3.8) is 0 Å². The van der Waals surface area contributed by atoms with E-state index < -0.39 is 11.9 Å². The van der Waals surface area contributed by atoms with Crippen LogP contribution in [0.5, 0.6) is 0 Å². The van der Waals surface area contributed by atoms with Gasteiger partial charge in [0.2, 0.25) is 0 Å². The van der Waals surface area contributed by atoms with E-state index in [1.54, 1.807) is 46.2 Å². The second-order valence-corrected chi connectivity index (χ2v) is 9.63. The number of anilines is 1. The zero-order valence-electron chi connectivity index (χ0n) is 20.9. The number of rotatable bonds is 4. The first kappa shape index (κ1) is 24.1. The van der Waals surface area contributed by atoms with Gasteiger partial charge >= 0.3 is 0 Å². The number of hydrogen-bond donors (Lipinski definition) is 2. The zero-order valence-corrected chi connectivity index (χ0v) is 21.7. The summed E-state index contributed by atoms with van der Waals surface area (Å²) in [5.41, 5.74) is 9.01. The van der Waals surface area contributed by atoms with Gasteiger partial charge < -0.3 is 11.1 Å². The molecule has 0 fully saturated rings. The number of thiazole rings is 1. The molecule has 0 unspecified atom stereocenters. The molecule has 11 nitrogen and oxygen atoms in total. The number of benzene rings is 1. The third-order valence-electron chi connectivity index (χ3n) is 6.15. The summed E-state index contributed by atoms with van der Waals surface area (Å²) in [7, 11) is 1.81. The second-order valence-electron chi connectivity index (χ2n) is 8.79. The van der Waals surface area contributed by atoms with E-state index in [4.69, 9.17) is 10.7 Å². The lowest BCUT2D eigenvalue weighted by Gasteiger charge is -2.18. The molecule has 192 valence electrons. The fraction of sp³-hybridized carbons (Fsp3) is 0.111. The molecule has 1 atom stereocenters. The van der Waals surface area contributed by atoms with E-state index >= 15 is 0 Å². The minimum atomic E-state index is -0.646. The zero-order chi connectivity index (χ0) is 27.1. The van der Waals surface area contributed by atoms with Crippen molar-refractivity contribution >= 4 is 33.7 Å². The van der Waals surface area contributed by atoms with Crippen molar-refractivity contribution in [2.75, 3.05) is 5.73 Å². The van der Waals surface area contributed by atoms with Crippen molar-refractivity contribution in [1.29, 1.82) is 0 Å². The van der Waals surface area contributed by atoms with Crippen LogP contribution in [0.15, 0.2) is 71.6 Å². The van der Waals surface area contributed by atoms with Crippen LogP contribution in [-0.4, -0.2) is 39.4 Å². The lowest BCUT2D eigenvalue weighted by molar-refractivity contribution is 0.0941. The highest BCUT2D eigenvalue weighted by Crippen LogP contribution is 2.27. The monoisotopic (exact) mass is 535 g/mol. The van der Waals surface area contributed by atoms with Crippen LogP contribution >= 0.6 is 11.3 Å². The van der Waals surface area contributed by atoms with Crippen LogP contribution in [0.25, 0.3) is 21.7 Å². The van der Waals surface area contributed by atoms with Crippen LogP contribution < -0.4 is 16.6 Å². The summed E-state index contributed by atoms with van der Waals surface area (Å²) in [6, 6.07) is 8.59. The first-order valence-corrected chi connectivity index (χ1v) is 12.8. The SMILES string of the molecule is C[C@@H](NC(=O)c1c(N)ncn2ccnc12)c1nc2scc(C#Cc3cnn(C)c3)n2c(=O)c1-c1ccccc1. The number of hydrogen-bond acceptors (Lipinski definition) is 8. The molecule has 0 bridgehead atoms. The van der Waals surface area contributed by atoms with E-state index in [2.05, 4.69) is 32.2 Å². The Bertz CT molecular complexity index is 1990. The highest BCUT2D eigenvalue weighted by Gasteiger charge is 2.25. The molecule has 0 aliphatic carbocycles. The van der Waals surface area contributed by atoms with Gasteiger partial charge in [-0.15, -0.1) is 11.3 Å². The van der Waals surface area contributed by atoms with E-state index in [1.807, 2.05) is 37.4 Å². The minimum absolute atomic E-state index is 0.0558. The number of amides is 1. The standard InChI is InChI=1S/C27H21N9O2S/c1-16(32-25(37)21-23(28)30-15-35-11-10-29-24(21)35)22-20(18-6-4-3-5-7-18)26(38)36-19(14-39-27(36)33-22)9-8-17-12-31-34(2)13-17/h3-7,10-16H,28H2,1-2H3,(H,32,37)/t16-/m1/s1. The molecule has 0 aliphatic rings. The molecule has 0 spiro atoms. The van der Waals surface area contributed by atoms with Gasteiger partial charge in [-0.05, 0) is 18.4 Å². The summed E-state index contributed by atoms with van der Waals surface area (Å²) in [4.78, 5) is 41.0. The molecule has 5 heterocycles. The van der Waals surface area contributed by atoms with E-state index in [1.165, 1.54) is 22.1 Å². The van der Waals surface area contributed by atoms with Crippen LogP contribution in [0, 0.1) is 11.8 Å². The number of aromatic nitrogens is 7. The molecule has 0 saturated carbocycles. The van der Waals surface area contributed by atoms with Crippen LogP contribution in [0.1, 0.15) is 40.3 Å². The van der Waals surface area contributed by atoms with Gasteiger partial charge in [0.25, 0.3) is 11.5 Å². The van der Waals surface area contributed by atoms with Crippen molar-refractivity contribution < 1.29 is 4.79 Å². The van der Waals surface area contributed by atoms with E-state index in [-0.39, 0.29) is 16.9 Å². The van der Waals surface area contributed by atoms with Gasteiger partial charge in [-0.1, -0.05) is 36.3 Å². The Morgan fingerprint density at radius 1 is 1.18 bits per heavy atom. The number of fused-ring (bicyclic) bond motifs is 2. The summed E-state index contributed by atoms with van der Waals surface area (Å²) in [5, 5.41) is 8.86. The summed E-state index contributed by atoms with van der Waals surface area (Å²) in [6.07, 6.45) is 8.19. The maximum atomic E-state index is 14.0. The smallest absolute Gasteiger partial charge is 0.267 e. The van der Waals surface area contributed by atoms with Crippen molar-refractivity contribution in [3.8, 4) is 23.0 Å². The molecule has 12 heteroatoms. The number of carbonyl (C=O) groups excluding carboxylic acids is 1. The summed E-state index contributed by atoms with van der Waals surface area (Å²) in [6.45, 7) is 1.77. The summed E-state index contributed by atoms with van der Waals surface area (Å²) in [5.74, 6) is 5.70. The fourth-order valence-electron chi connectivity index (χ4n) is 4.33. The Morgan fingerprint density at radius 3 is 2.77 bits per heavy atom. The average Bonchev–Trinajstić information content (AvgIpc) is 3.67. The maximum absolute atomic E-state index is 14.0. The number of nitrogens with two attached hydrogens (primary N) is 1. The molecule has 39 heavy (non-hydrogen) atoms. The van der Waals surface area contributed by atoms with Crippen molar-refractivity contribution in [2.24, 2.45) is 7.05 Å². The number of aryl methyl sites for hydroxylation is 1. The molecule has 1 amide bonds. The molecule has 3 N–H and O–H groups in total. The van der Waals surface area contributed by atoms with Gasteiger partial charge in [0.15, 0.2) is 10.6 Å². The predicted octanol–water partition coefficient (Wildman–Crippen LogP) is 2.67. The van der Waals surface area contributed by atoms with Gasteiger partial charge in [-0.25, -0.2) is 19.4 Å². The van der Waals surface area contributed by atoms with E-state index in [0.29, 0.717) is 33.1 Å². The maximum Gasteiger partial charge on any atom is 0.267 e. The Balaban J connectivity index is 1.46. The highest BCUT2D eigenvalue weighted by molar-refractivity contribution is 7.15. The molecule has 0 aliphatic heterocycles. The summed E-state index contributed by atoms with van der Waals surface area (Å²) < 4.78 is 4.78. The molecular weight excluding hydrogens is 514 g/mol. The fourth-order valence-corrected chi connectivity index (χ4v) is 5.14. The third kappa shape index (κ3) is 4.30. The first-order valence-electron chi connectivity index (χ1n) is 11.9. The highest BCUT2D eigenvalue weighted by atomic mass is 32.1. The number of carbonyl (C=O) groups is 1. The molecule has 0 saturated heterocycles. The number of nitrogens with one attached hydrogen (secondary N) is 1. The number of nitrogen functional groups attached to an aromatic ring is 1. The van der Waals surface area contributed by atoms with Crippen LogP contribution in [0.3, 0.4) is 0 Å². The molecule has 5 aromatic heterocycles. The molecule has 0 radical (unpaired) electrons. The largest absolute Gasteiger partial charge is 0.383 e. The van der Waals surface area contributed by atoms with Crippen LogP contribution in [-0.2, 0) is 7.05 Å². The molecular formula is C27H21N9O2S. The van der Waals surface area contributed by atoms with Gasteiger partial charge in [0, 0.05) is 31.0 Å². The quantitative estimate of drug-likeness (QED) is 0.331. The number of imidazole rings is 1. The Labute approximate surface area is 225 Å². The second kappa shape index (κ2) is 9.55. The van der Waals surface area contributed by atoms with E-state index in [0.717, 1.165) is 5.56 Å². The molecule has 1 aromatic carbocycles. The lowest BCUT2D eigenvalue weighted by Crippen LogP contribution is -2.31. The average molecular weight is 536 g/mol. The van der Waals surface area contributed by atoms with Gasteiger partial charge in [0.05, 0.1) is 29.1 Å². The topological polar surface area (TPSA) is 138 Å². The Hall–Kier alpha value is -5.28. The van der Waals surface area contributed by atoms with Gasteiger partial charge in [-0.3, -0.25) is 18.7 Å². The minimum Gasteiger partial charge on any atom is -0.383 e. The van der Waals surface area contributed by atoms with Crippen molar-refractivity contribution in [1.82, 2.24) is 38.9 Å². The van der Waals surface area contributed by atoms with Gasteiger partial charge in [0.1, 0.15) is 23.4 Å².